The zero-order valence-electron chi connectivity index (χ0n) is 79.7. The second-order valence-corrected chi connectivity index (χ2v) is 33.0. The fourth-order valence-corrected chi connectivity index (χ4v) is 11.8. The molecule has 722 valence electrons. The van der Waals surface area contributed by atoms with Crippen molar-refractivity contribution in [2.75, 3.05) is 284 Å². The minimum atomic E-state index is -0.320. The molecule has 0 radical (unpaired) electrons. The lowest BCUT2D eigenvalue weighted by Crippen LogP contribution is -2.39. The molecule has 0 aromatic carbocycles. The molecular formula is C84H149N21O21S. The zero-order valence-corrected chi connectivity index (χ0v) is 80.6. The summed E-state index contributed by atoms with van der Waals surface area (Å²) in [6.45, 7) is 4.08. The Morgan fingerprint density at radius 1 is 0.157 bits per heavy atom. The van der Waals surface area contributed by atoms with Crippen molar-refractivity contribution in [1.82, 2.24) is 103 Å². The molecule has 127 heavy (non-hydrogen) atoms. The summed E-state index contributed by atoms with van der Waals surface area (Å²) < 4.78 is 0. The van der Waals surface area contributed by atoms with E-state index in [-0.39, 0.29) is 383 Å². The highest BCUT2D eigenvalue weighted by molar-refractivity contribution is 7.80. The molecular weight excluding hydrogens is 1670 g/mol. The first-order valence-corrected chi connectivity index (χ1v) is 43.7. The van der Waals surface area contributed by atoms with Crippen LogP contribution in [0.1, 0.15) is 135 Å². The minimum absolute atomic E-state index is 0.000362. The first kappa shape index (κ1) is 116. The predicted molar refractivity (Wildman–Crippen MR) is 478 cm³/mol. The number of thiol groups is 1. The maximum absolute atomic E-state index is 13.1. The van der Waals surface area contributed by atoms with Crippen LogP contribution in [0.2, 0.25) is 0 Å². The summed E-state index contributed by atoms with van der Waals surface area (Å²) in [5.41, 5.74) is 0. The Morgan fingerprint density at radius 3 is 0.331 bits per heavy atom. The topological polar surface area (TPSA) is 435 Å². The number of hydrogen-bond acceptors (Lipinski definition) is 22. The number of rotatable bonds is 62. The monoisotopic (exact) mass is 1820 g/mol. The highest BCUT2D eigenvalue weighted by Gasteiger charge is 2.27. The van der Waals surface area contributed by atoms with Crippen LogP contribution >= 0.6 is 12.6 Å². The third-order valence-corrected chi connectivity index (χ3v) is 22.5. The minimum Gasteiger partial charge on any atom is -0.355 e. The molecule has 0 aromatic rings. The molecule has 0 atom stereocenters. The van der Waals surface area contributed by atoms with E-state index in [0.29, 0.717) is 12.3 Å². The Morgan fingerprint density at radius 2 is 0.244 bits per heavy atom. The Labute approximate surface area is 756 Å². The lowest BCUT2D eigenvalue weighted by molar-refractivity contribution is -0.138. The fourth-order valence-electron chi connectivity index (χ4n) is 11.7. The van der Waals surface area contributed by atoms with Gasteiger partial charge in [-0.15, -0.1) is 0 Å². The van der Waals surface area contributed by atoms with Crippen molar-refractivity contribution < 1.29 is 101 Å². The molecule has 0 aliphatic rings. The quantitative estimate of drug-likeness (QED) is 0.0574. The third kappa shape index (κ3) is 49.2. The number of nitrogens with one attached hydrogen (secondary N) is 1. The summed E-state index contributed by atoms with van der Waals surface area (Å²) >= 11 is 4.05. The average Bonchev–Trinajstić information content (AvgIpc) is 0.942. The normalized spacial score (nSPS) is 10.7. The fraction of sp³-hybridized carbons (Fsp3) is 0.750. The van der Waals surface area contributed by atoms with Gasteiger partial charge in [0.1, 0.15) is 0 Å². The maximum atomic E-state index is 13.1. The predicted octanol–water partition coefficient (Wildman–Crippen LogP) is -2.98. The van der Waals surface area contributed by atoms with Crippen molar-refractivity contribution in [2.45, 2.75) is 135 Å². The molecule has 21 amide bonds. The van der Waals surface area contributed by atoms with Crippen LogP contribution in [-0.4, -0.2) is 506 Å². The average molecular weight is 1820 g/mol. The van der Waals surface area contributed by atoms with Crippen LogP contribution in [0, 0.1) is 0 Å². The van der Waals surface area contributed by atoms with Crippen molar-refractivity contribution >= 4 is 137 Å². The molecule has 1 N–H and O–H groups in total. The van der Waals surface area contributed by atoms with Crippen LogP contribution in [-0.2, 0) is 101 Å². The standard InChI is InChI=1S/C84H149N21O21S/c1-64(106)86(2)44-23-66(108)88(4)46-25-68(110)90(6)48-27-70(112)92(8)50-29-72(114)94(10)52-31-74(116)96(12)54-33-76(118)98(14)56-35-78(120)100(16)58-37-80(122)102(18)60-39-82(124)104(20)62-41-84(126)105(21)61-40-83(125)103(19)59-38-81(123)101(17)57-36-79(121)99(15)55-34-77(119)97(13)53-32-75(117)95(11)51-30-73(115)93(9)49-28-71(113)91(7)47-26-69(111)89(5)45-24-67(109)87(3)43-22-65(107)85-42-63-127/h127H,22-63H2,1-21H3,(H,85,107). The van der Waals surface area contributed by atoms with Crippen molar-refractivity contribution in [2.24, 2.45) is 0 Å². The van der Waals surface area contributed by atoms with Gasteiger partial charge in [0, 0.05) is 419 Å². The van der Waals surface area contributed by atoms with Crippen LogP contribution in [0.25, 0.3) is 0 Å². The molecule has 0 aromatic heterocycles. The van der Waals surface area contributed by atoms with Gasteiger partial charge >= 0.3 is 0 Å². The first-order valence-electron chi connectivity index (χ1n) is 43.0. The summed E-state index contributed by atoms with van der Waals surface area (Å²) in [5.74, 6) is -5.38. The van der Waals surface area contributed by atoms with Gasteiger partial charge in [0.15, 0.2) is 0 Å². The number of carbonyl (C=O) groups excluding carboxylic acids is 21. The second-order valence-electron chi connectivity index (χ2n) is 32.5. The van der Waals surface area contributed by atoms with E-state index in [1.807, 2.05) is 0 Å². The van der Waals surface area contributed by atoms with E-state index < -0.39 is 0 Å². The van der Waals surface area contributed by atoms with Crippen molar-refractivity contribution in [3.05, 3.63) is 0 Å². The van der Waals surface area contributed by atoms with Crippen LogP contribution in [0.3, 0.4) is 0 Å². The maximum Gasteiger partial charge on any atom is 0.224 e. The van der Waals surface area contributed by atoms with Gasteiger partial charge in [0.2, 0.25) is 124 Å². The van der Waals surface area contributed by atoms with E-state index in [9.17, 15) is 101 Å². The number of amides is 21. The lowest BCUT2D eigenvalue weighted by Gasteiger charge is -2.24. The molecule has 0 unspecified atom stereocenters. The van der Waals surface area contributed by atoms with Crippen molar-refractivity contribution in [3.63, 3.8) is 0 Å². The smallest absolute Gasteiger partial charge is 0.224 e. The Balaban J connectivity index is 4.58. The van der Waals surface area contributed by atoms with Gasteiger partial charge in [0.25, 0.3) is 0 Å². The molecule has 0 saturated carbocycles. The van der Waals surface area contributed by atoms with E-state index in [0.717, 1.165) is 0 Å². The van der Waals surface area contributed by atoms with E-state index in [1.54, 1.807) is 70.5 Å². The Hall–Kier alpha value is -10.8. The van der Waals surface area contributed by atoms with Gasteiger partial charge in [-0.2, -0.15) is 12.6 Å². The van der Waals surface area contributed by atoms with Crippen molar-refractivity contribution in [3.8, 4) is 0 Å². The molecule has 0 aliphatic carbocycles. The van der Waals surface area contributed by atoms with Crippen LogP contribution < -0.4 is 5.32 Å². The van der Waals surface area contributed by atoms with Gasteiger partial charge in [0.05, 0.1) is 0 Å². The first-order chi connectivity index (χ1) is 59.4. The largest absolute Gasteiger partial charge is 0.355 e. The van der Waals surface area contributed by atoms with Crippen molar-refractivity contribution in [1.29, 1.82) is 0 Å². The van der Waals surface area contributed by atoms with Crippen LogP contribution in [0.15, 0.2) is 0 Å². The van der Waals surface area contributed by atoms with Gasteiger partial charge in [-0.25, -0.2) is 0 Å². The van der Waals surface area contributed by atoms with E-state index >= 15 is 0 Å². The summed E-state index contributed by atoms with van der Waals surface area (Å²) in [6.07, 6.45) is 0.0460. The second kappa shape index (κ2) is 62.4. The zero-order chi connectivity index (χ0) is 97.1. The molecule has 0 rings (SSSR count). The number of carbonyl (C=O) groups is 21. The van der Waals surface area contributed by atoms with Crippen LogP contribution in [0.5, 0.6) is 0 Å². The number of hydrogen-bond donors (Lipinski definition) is 2. The summed E-state index contributed by atoms with van der Waals surface area (Å²) in [7, 11) is 31.0. The molecule has 0 spiro atoms. The molecule has 0 aliphatic heterocycles. The molecule has 0 fully saturated rings. The lowest BCUT2D eigenvalue weighted by atomic mass is 10.2. The Bertz CT molecular complexity index is 3580. The molecule has 0 saturated heterocycles. The van der Waals surface area contributed by atoms with Gasteiger partial charge in [-0.05, 0) is 0 Å². The van der Waals surface area contributed by atoms with E-state index in [1.165, 1.54) is 175 Å². The summed E-state index contributed by atoms with van der Waals surface area (Å²) in [4.78, 5) is 296. The summed E-state index contributed by atoms with van der Waals surface area (Å²) in [6, 6.07) is 0. The van der Waals surface area contributed by atoms with Gasteiger partial charge in [-0.1, -0.05) is 0 Å². The summed E-state index contributed by atoms with van der Waals surface area (Å²) in [5, 5.41) is 2.69. The molecule has 43 heteroatoms. The molecule has 0 heterocycles. The highest BCUT2D eigenvalue weighted by atomic mass is 32.1. The number of nitrogens with zero attached hydrogens (tertiary/aromatic N) is 20. The highest BCUT2D eigenvalue weighted by Crippen LogP contribution is 2.11. The molecule has 0 bridgehead atoms. The van der Waals surface area contributed by atoms with Crippen LogP contribution in [0.4, 0.5) is 0 Å². The van der Waals surface area contributed by atoms with E-state index in [2.05, 4.69) is 17.9 Å². The third-order valence-electron chi connectivity index (χ3n) is 22.3. The van der Waals surface area contributed by atoms with Gasteiger partial charge in [-0.3, -0.25) is 101 Å². The van der Waals surface area contributed by atoms with Gasteiger partial charge < -0.3 is 103 Å². The SMILES string of the molecule is CC(=O)N(C)CCC(=O)N(C)CCC(=O)N(C)CCC(=O)N(C)CCC(=O)N(C)CCC(=O)N(C)CCC(=O)N(C)CCC(=O)N(C)CCC(=O)N(C)CCC(=O)N(C)CCC(=O)N(C)CCC(=O)N(C)CCC(=O)N(C)CCC(=O)N(C)CCC(=O)N(C)CCC(=O)N(C)CCC(=O)N(C)CCC(=O)N(C)CCC(=O)N(C)CCC(=O)N(C)CCC(=O)NCCS. The Kier molecular flexibility index (Phi) is 57.1. The molecule has 42 nitrogen and oxygen atoms in total. The van der Waals surface area contributed by atoms with E-state index in [4.69, 9.17) is 0 Å².